The third-order valence-electron chi connectivity index (χ3n) is 2.31. The molecule has 2 rings (SSSR count). The molecule has 87 valence electrons. The number of hydrogen-bond donors (Lipinski definition) is 1. The number of aromatic nitrogens is 2. The van der Waals surface area contributed by atoms with Crippen molar-refractivity contribution in [1.82, 2.24) is 14.9 Å². The maximum absolute atomic E-state index is 4.30. The number of nitrogens with one attached hydrogen (secondary N) is 1. The van der Waals surface area contributed by atoms with Gasteiger partial charge in [0.2, 0.25) is 0 Å². The van der Waals surface area contributed by atoms with Crippen molar-refractivity contribution in [3.8, 4) is 11.4 Å². The molecule has 4 heteroatoms. The maximum Gasteiger partial charge on any atom is 0.0555 e. The zero-order valence-electron chi connectivity index (χ0n) is 9.32. The standard InChI is InChI=1S/C12H14N3.Ir/c1-13-9-10-4-3-5-11(8-10)12-14-6-7-15(12)2;/h3-4,6-8,13H,9H2,1-2H3;/q-1;. The summed E-state index contributed by atoms with van der Waals surface area (Å²) in [4.78, 5) is 4.30. The van der Waals surface area contributed by atoms with E-state index in [0.29, 0.717) is 0 Å². The van der Waals surface area contributed by atoms with Crippen molar-refractivity contribution in [3.05, 3.63) is 42.2 Å². The molecule has 1 radical (unpaired) electrons. The van der Waals surface area contributed by atoms with Gasteiger partial charge in [0.1, 0.15) is 0 Å². The molecular formula is C12H14IrN3-. The molecule has 0 atom stereocenters. The first-order chi connectivity index (χ1) is 7.31. The zero-order valence-corrected chi connectivity index (χ0v) is 11.7. The van der Waals surface area contributed by atoms with Gasteiger partial charge in [-0.15, -0.1) is 35.4 Å². The second kappa shape index (κ2) is 5.94. The topological polar surface area (TPSA) is 29.9 Å². The fourth-order valence-corrected chi connectivity index (χ4v) is 1.58. The number of nitrogens with zero attached hydrogens (tertiary/aromatic N) is 2. The van der Waals surface area contributed by atoms with Crippen LogP contribution in [0.3, 0.4) is 0 Å². The van der Waals surface area contributed by atoms with E-state index in [1.807, 2.05) is 30.9 Å². The number of aryl methyl sites for hydroxylation is 1. The molecular weight excluding hydrogens is 378 g/mol. The van der Waals surface area contributed by atoms with Crippen LogP contribution in [0.1, 0.15) is 5.56 Å². The van der Waals surface area contributed by atoms with Crippen LogP contribution in [0.15, 0.2) is 30.6 Å². The van der Waals surface area contributed by atoms with Gasteiger partial charge in [-0.2, -0.15) is 0 Å². The van der Waals surface area contributed by atoms with Gasteiger partial charge in [-0.3, -0.25) is 4.98 Å². The average Bonchev–Trinajstić information content (AvgIpc) is 2.65. The zero-order chi connectivity index (χ0) is 10.7. The second-order valence-corrected chi connectivity index (χ2v) is 3.50. The van der Waals surface area contributed by atoms with Gasteiger partial charge in [0.05, 0.1) is 5.82 Å². The summed E-state index contributed by atoms with van der Waals surface area (Å²) in [6.45, 7) is 0.867. The van der Waals surface area contributed by atoms with E-state index in [9.17, 15) is 0 Å². The predicted octanol–water partition coefficient (Wildman–Crippen LogP) is 1.60. The van der Waals surface area contributed by atoms with E-state index in [0.717, 1.165) is 17.9 Å². The Morgan fingerprint density at radius 2 is 2.31 bits per heavy atom. The molecule has 2 aromatic rings. The fourth-order valence-electron chi connectivity index (χ4n) is 1.58. The van der Waals surface area contributed by atoms with Crippen LogP contribution in [0.5, 0.6) is 0 Å². The van der Waals surface area contributed by atoms with Crippen LogP contribution >= 0.6 is 0 Å². The Morgan fingerprint density at radius 1 is 1.50 bits per heavy atom. The van der Waals surface area contributed by atoms with Gasteiger partial charge in [-0.25, -0.2) is 0 Å². The predicted molar refractivity (Wildman–Crippen MR) is 60.2 cm³/mol. The smallest absolute Gasteiger partial charge is 0.0555 e. The minimum Gasteiger partial charge on any atom is -0.373 e. The molecule has 0 aliphatic carbocycles. The van der Waals surface area contributed by atoms with Gasteiger partial charge in [0, 0.05) is 46.1 Å². The fraction of sp³-hybridized carbons (Fsp3) is 0.250. The van der Waals surface area contributed by atoms with Gasteiger partial charge in [0.25, 0.3) is 0 Å². The van der Waals surface area contributed by atoms with Crippen molar-refractivity contribution in [3.63, 3.8) is 0 Å². The second-order valence-electron chi connectivity index (χ2n) is 3.50. The molecule has 0 fully saturated rings. The number of hydrogen-bond acceptors (Lipinski definition) is 2. The van der Waals surface area contributed by atoms with E-state index >= 15 is 0 Å². The molecule has 0 amide bonds. The van der Waals surface area contributed by atoms with Gasteiger partial charge in [-0.05, 0) is 7.05 Å². The van der Waals surface area contributed by atoms with Crippen LogP contribution in [0.25, 0.3) is 11.4 Å². The molecule has 1 aromatic carbocycles. The van der Waals surface area contributed by atoms with Gasteiger partial charge in [-0.1, -0.05) is 0 Å². The minimum atomic E-state index is 0. The van der Waals surface area contributed by atoms with E-state index in [1.165, 1.54) is 5.56 Å². The number of imidazole rings is 1. The largest absolute Gasteiger partial charge is 0.373 e. The third kappa shape index (κ3) is 2.79. The Balaban J connectivity index is 0.00000128. The first-order valence-corrected chi connectivity index (χ1v) is 4.94. The van der Waals surface area contributed by atoms with Crippen LogP contribution in [-0.4, -0.2) is 16.6 Å². The molecule has 0 saturated carbocycles. The molecule has 0 unspecified atom stereocenters. The maximum atomic E-state index is 4.30. The quantitative estimate of drug-likeness (QED) is 0.805. The molecule has 0 aliphatic rings. The van der Waals surface area contributed by atoms with Crippen LogP contribution in [0, 0.1) is 6.07 Å². The molecule has 1 heterocycles. The normalized spacial score (nSPS) is 9.88. The van der Waals surface area contributed by atoms with Crippen LogP contribution in [-0.2, 0) is 33.7 Å². The summed E-state index contributed by atoms with van der Waals surface area (Å²) < 4.78 is 2.00. The van der Waals surface area contributed by atoms with Crippen LogP contribution < -0.4 is 5.32 Å². The van der Waals surface area contributed by atoms with Crippen molar-refractivity contribution in [1.29, 1.82) is 0 Å². The summed E-state index contributed by atoms with van der Waals surface area (Å²) in [5.74, 6) is 0.952. The summed E-state index contributed by atoms with van der Waals surface area (Å²) in [5.41, 5.74) is 2.28. The number of benzene rings is 1. The summed E-state index contributed by atoms with van der Waals surface area (Å²) >= 11 is 0. The van der Waals surface area contributed by atoms with Crippen molar-refractivity contribution >= 4 is 0 Å². The monoisotopic (exact) mass is 393 g/mol. The van der Waals surface area contributed by atoms with E-state index < -0.39 is 0 Å². The molecule has 0 spiro atoms. The first-order valence-electron chi connectivity index (χ1n) is 4.94. The molecule has 1 N–H and O–H groups in total. The molecule has 0 bridgehead atoms. The Bertz CT molecular complexity index is 451. The van der Waals surface area contributed by atoms with Gasteiger partial charge in [0.15, 0.2) is 0 Å². The summed E-state index contributed by atoms with van der Waals surface area (Å²) in [7, 11) is 3.93. The Kier molecular flexibility index (Phi) is 4.87. The molecule has 1 aromatic heterocycles. The SMILES string of the molecule is CNCc1cc[c-]c(-c2nccn2C)c1.[Ir]. The molecule has 16 heavy (non-hydrogen) atoms. The third-order valence-corrected chi connectivity index (χ3v) is 2.31. The van der Waals surface area contributed by atoms with Crippen LogP contribution in [0.4, 0.5) is 0 Å². The average molecular weight is 392 g/mol. The van der Waals surface area contributed by atoms with E-state index in [4.69, 9.17) is 0 Å². The Hall–Kier alpha value is -0.961. The van der Waals surface area contributed by atoms with Gasteiger partial charge >= 0.3 is 0 Å². The van der Waals surface area contributed by atoms with E-state index in [1.54, 1.807) is 6.20 Å². The van der Waals surface area contributed by atoms with Gasteiger partial charge < -0.3 is 9.88 Å². The van der Waals surface area contributed by atoms with Crippen molar-refractivity contribution in [2.75, 3.05) is 7.05 Å². The van der Waals surface area contributed by atoms with Crippen LogP contribution in [0.2, 0.25) is 0 Å². The summed E-state index contributed by atoms with van der Waals surface area (Å²) in [6, 6.07) is 9.31. The first kappa shape index (κ1) is 13.1. The van der Waals surface area contributed by atoms with Crippen molar-refractivity contribution in [2.45, 2.75) is 6.54 Å². The molecule has 3 nitrogen and oxygen atoms in total. The Labute approximate surface area is 109 Å². The molecule has 0 saturated heterocycles. The van der Waals surface area contributed by atoms with E-state index in [2.05, 4.69) is 28.5 Å². The summed E-state index contributed by atoms with van der Waals surface area (Å²) in [6.07, 6.45) is 3.74. The minimum absolute atomic E-state index is 0. The molecule has 0 aliphatic heterocycles. The van der Waals surface area contributed by atoms with Crippen molar-refractivity contribution < 1.29 is 20.1 Å². The Morgan fingerprint density at radius 3 is 2.94 bits per heavy atom. The van der Waals surface area contributed by atoms with Crippen molar-refractivity contribution in [2.24, 2.45) is 7.05 Å². The van der Waals surface area contributed by atoms with E-state index in [-0.39, 0.29) is 20.1 Å². The summed E-state index contributed by atoms with van der Waals surface area (Å²) in [5, 5.41) is 3.13. The number of rotatable bonds is 3.